The molecule has 12 heteroatoms. The van der Waals surface area contributed by atoms with Gasteiger partial charge in [-0.25, -0.2) is 15.0 Å². The van der Waals surface area contributed by atoms with Gasteiger partial charge in [-0.15, -0.1) is 0 Å². The van der Waals surface area contributed by atoms with E-state index in [4.69, 9.17) is 4.74 Å². The number of alkyl halides is 3. The van der Waals surface area contributed by atoms with Crippen LogP contribution in [0.5, 0.6) is 11.6 Å². The molecule has 0 fully saturated rings. The van der Waals surface area contributed by atoms with Crippen molar-refractivity contribution >= 4 is 5.95 Å². The third-order valence-electron chi connectivity index (χ3n) is 5.03. The number of benzene rings is 1. The fourth-order valence-corrected chi connectivity index (χ4v) is 3.24. The van der Waals surface area contributed by atoms with Crippen LogP contribution < -0.4 is 15.6 Å². The van der Waals surface area contributed by atoms with E-state index in [1.165, 1.54) is 6.33 Å². The molecule has 0 aliphatic carbocycles. The number of nitrogens with one attached hydrogen (secondary N) is 2. The predicted octanol–water partition coefficient (Wildman–Crippen LogP) is 3.88. The van der Waals surface area contributed by atoms with Gasteiger partial charge in [0.25, 0.3) is 5.56 Å². The van der Waals surface area contributed by atoms with E-state index in [1.807, 2.05) is 6.07 Å². The van der Waals surface area contributed by atoms with Gasteiger partial charge >= 0.3 is 6.18 Å². The van der Waals surface area contributed by atoms with E-state index in [-0.39, 0.29) is 22.8 Å². The monoisotopic (exact) mass is 493 g/mol. The van der Waals surface area contributed by atoms with Crippen molar-refractivity contribution in [2.75, 3.05) is 11.9 Å². The summed E-state index contributed by atoms with van der Waals surface area (Å²) in [5.74, 6) is 0.418. The number of hydrogen-bond acceptors (Lipinski definition) is 8. The molecule has 9 nitrogen and oxygen atoms in total. The van der Waals surface area contributed by atoms with Crippen molar-refractivity contribution in [2.45, 2.75) is 19.0 Å². The maximum Gasteiger partial charge on any atom is 0.417 e. The van der Waals surface area contributed by atoms with Crippen LogP contribution in [0.4, 0.5) is 19.1 Å². The molecule has 3 heterocycles. The lowest BCUT2D eigenvalue weighted by molar-refractivity contribution is -0.137. The summed E-state index contributed by atoms with van der Waals surface area (Å²) in [6.45, 7) is 0.417. The fourth-order valence-electron chi connectivity index (χ4n) is 3.24. The van der Waals surface area contributed by atoms with E-state index < -0.39 is 11.7 Å². The number of pyridine rings is 1. The van der Waals surface area contributed by atoms with Crippen molar-refractivity contribution in [1.29, 1.82) is 5.26 Å². The minimum Gasteiger partial charge on any atom is -0.438 e. The number of aromatic amines is 1. The van der Waals surface area contributed by atoms with Gasteiger partial charge in [-0.05, 0) is 35.7 Å². The summed E-state index contributed by atoms with van der Waals surface area (Å²) < 4.78 is 43.5. The molecule has 0 aliphatic rings. The Morgan fingerprint density at radius 2 is 1.89 bits per heavy atom. The molecule has 0 spiro atoms. The molecule has 0 amide bonds. The molecular formula is C24H18F3N7O2. The molecule has 2 N–H and O–H groups in total. The summed E-state index contributed by atoms with van der Waals surface area (Å²) in [5, 5.41) is 12.5. The Morgan fingerprint density at radius 3 is 2.56 bits per heavy atom. The molecule has 0 bridgehead atoms. The first-order valence-electron chi connectivity index (χ1n) is 10.6. The third-order valence-corrected chi connectivity index (χ3v) is 5.03. The Bertz CT molecular complexity index is 1430. The number of anilines is 1. The molecule has 36 heavy (non-hydrogen) atoms. The van der Waals surface area contributed by atoms with Crippen molar-refractivity contribution in [3.05, 3.63) is 99.6 Å². The Balaban J connectivity index is 1.35. The highest BCUT2D eigenvalue weighted by Crippen LogP contribution is 2.30. The van der Waals surface area contributed by atoms with Gasteiger partial charge in [-0.3, -0.25) is 4.79 Å². The van der Waals surface area contributed by atoms with Crippen molar-refractivity contribution in [2.24, 2.45) is 0 Å². The fraction of sp³-hybridized carbons (Fsp3) is 0.167. The summed E-state index contributed by atoms with van der Waals surface area (Å²) in [6.07, 6.45) is 3.28. The van der Waals surface area contributed by atoms with E-state index in [0.717, 1.165) is 23.3 Å². The van der Waals surface area contributed by atoms with Crippen LogP contribution >= 0.6 is 0 Å². The zero-order chi connectivity index (χ0) is 25.5. The molecular weight excluding hydrogens is 475 g/mol. The number of nitriles is 1. The number of H-pyrrole nitrogens is 1. The minimum absolute atomic E-state index is 0.0628. The topological polar surface area (TPSA) is 129 Å². The van der Waals surface area contributed by atoms with E-state index in [0.29, 0.717) is 37.1 Å². The first kappa shape index (κ1) is 24.3. The van der Waals surface area contributed by atoms with Crippen molar-refractivity contribution < 1.29 is 17.9 Å². The summed E-state index contributed by atoms with van der Waals surface area (Å²) in [7, 11) is 0. The van der Waals surface area contributed by atoms with Crippen LogP contribution in [0.1, 0.15) is 27.8 Å². The van der Waals surface area contributed by atoms with Crippen LogP contribution in [0.15, 0.2) is 66.2 Å². The van der Waals surface area contributed by atoms with Crippen molar-refractivity contribution in [3.8, 4) is 17.7 Å². The van der Waals surface area contributed by atoms with E-state index in [1.54, 1.807) is 36.8 Å². The Labute approximate surface area is 202 Å². The predicted molar refractivity (Wildman–Crippen MR) is 122 cm³/mol. The number of halogens is 3. The van der Waals surface area contributed by atoms with E-state index in [9.17, 15) is 23.2 Å². The molecule has 0 radical (unpaired) electrons. The smallest absolute Gasteiger partial charge is 0.417 e. The molecule has 4 rings (SSSR count). The zero-order valence-corrected chi connectivity index (χ0v) is 18.6. The number of rotatable bonds is 8. The van der Waals surface area contributed by atoms with Crippen molar-refractivity contribution in [1.82, 2.24) is 24.9 Å². The molecule has 1 aromatic carbocycles. The highest BCUT2D eigenvalue weighted by molar-refractivity contribution is 5.47. The average Bonchev–Trinajstić information content (AvgIpc) is 2.87. The van der Waals surface area contributed by atoms with E-state index in [2.05, 4.69) is 30.2 Å². The first-order chi connectivity index (χ1) is 17.3. The van der Waals surface area contributed by atoms with Crippen LogP contribution in [-0.2, 0) is 19.0 Å². The van der Waals surface area contributed by atoms with Crippen LogP contribution in [0.2, 0.25) is 0 Å². The standard InChI is InChI=1S/C24H18F3N7O2/c25-24(26,27)19-2-4-21(32-13-19)36-20-3-1-15(7-17(20)9-28)5-6-31-23-33-12-18(22(35)34-23)8-16-10-29-14-30-11-16/h1-4,7,10-14H,5-6,8H2,(H2,31,33,34,35). The largest absolute Gasteiger partial charge is 0.438 e. The second kappa shape index (κ2) is 10.6. The molecule has 0 saturated carbocycles. The lowest BCUT2D eigenvalue weighted by atomic mass is 10.1. The Morgan fingerprint density at radius 1 is 1.08 bits per heavy atom. The third kappa shape index (κ3) is 6.20. The van der Waals surface area contributed by atoms with Gasteiger partial charge in [-0.1, -0.05) is 6.07 Å². The van der Waals surface area contributed by atoms with E-state index >= 15 is 0 Å². The zero-order valence-electron chi connectivity index (χ0n) is 18.6. The van der Waals surface area contributed by atoms with Gasteiger partial charge in [0.05, 0.1) is 11.1 Å². The van der Waals surface area contributed by atoms with Crippen molar-refractivity contribution in [3.63, 3.8) is 0 Å². The van der Waals surface area contributed by atoms with Gasteiger partial charge in [0.15, 0.2) is 0 Å². The van der Waals surface area contributed by atoms with Crippen LogP contribution in [0.25, 0.3) is 0 Å². The van der Waals surface area contributed by atoms with Gasteiger partial charge in [0.2, 0.25) is 11.8 Å². The first-order valence-corrected chi connectivity index (χ1v) is 10.6. The number of aromatic nitrogens is 5. The average molecular weight is 493 g/mol. The molecule has 4 aromatic rings. The van der Waals surface area contributed by atoms with Gasteiger partial charge in [-0.2, -0.15) is 23.4 Å². The normalized spacial score (nSPS) is 11.1. The summed E-state index contributed by atoms with van der Waals surface area (Å²) >= 11 is 0. The number of nitrogens with zero attached hydrogens (tertiary/aromatic N) is 5. The second-order valence-electron chi connectivity index (χ2n) is 7.61. The van der Waals surface area contributed by atoms with Gasteiger partial charge in [0, 0.05) is 49.4 Å². The molecule has 0 aliphatic heterocycles. The molecule has 0 unspecified atom stereocenters. The number of hydrogen-bond donors (Lipinski definition) is 2. The molecule has 0 saturated heterocycles. The maximum absolute atomic E-state index is 12.7. The lowest BCUT2D eigenvalue weighted by Crippen LogP contribution is -2.18. The summed E-state index contributed by atoms with van der Waals surface area (Å²) in [6, 6.07) is 8.85. The minimum atomic E-state index is -4.50. The van der Waals surface area contributed by atoms with Crippen LogP contribution in [0.3, 0.4) is 0 Å². The summed E-state index contributed by atoms with van der Waals surface area (Å²) in [4.78, 5) is 30.7. The maximum atomic E-state index is 12.7. The number of ether oxygens (including phenoxy) is 1. The lowest BCUT2D eigenvalue weighted by Gasteiger charge is -2.10. The van der Waals surface area contributed by atoms with Crippen LogP contribution in [-0.4, -0.2) is 31.5 Å². The quantitative estimate of drug-likeness (QED) is 0.378. The van der Waals surface area contributed by atoms with Gasteiger partial charge < -0.3 is 15.0 Å². The summed E-state index contributed by atoms with van der Waals surface area (Å²) in [5.41, 5.74) is 1.01. The highest BCUT2D eigenvalue weighted by Gasteiger charge is 2.30. The SMILES string of the molecule is N#Cc1cc(CCNc2nc(=O)c(Cc3cncnc3)c[nH]2)ccc1Oc1ccc(C(F)(F)F)cn1. The molecule has 3 aromatic heterocycles. The van der Waals surface area contributed by atoms with Gasteiger partial charge in [0.1, 0.15) is 18.1 Å². The Hall–Kier alpha value is -4.79. The van der Waals surface area contributed by atoms with Crippen LogP contribution in [0, 0.1) is 11.3 Å². The Kier molecular flexibility index (Phi) is 7.20. The second-order valence-corrected chi connectivity index (χ2v) is 7.61. The molecule has 0 atom stereocenters. The molecule has 182 valence electrons. The highest BCUT2D eigenvalue weighted by atomic mass is 19.4.